The van der Waals surface area contributed by atoms with Gasteiger partial charge in [0, 0.05) is 12.6 Å². The van der Waals surface area contributed by atoms with Gasteiger partial charge in [0.2, 0.25) is 0 Å². The minimum Gasteiger partial charge on any atom is -0.367 e. The zero-order valence-electron chi connectivity index (χ0n) is 20.4. The van der Waals surface area contributed by atoms with Crippen LogP contribution in [0.1, 0.15) is 67.2 Å². The Kier molecular flexibility index (Phi) is 9.00. The highest BCUT2D eigenvalue weighted by molar-refractivity contribution is 5.33. The Bertz CT molecular complexity index is 1020. The standard InChI is InChI=1S/C17H24FNO.C9H5F6NO/c1-17(11-10-16(19-17)20-2)15-5-3-4-14(15)12-6-8-13(18)9-7-12;10-8(11,12)6-1-5(4-16-17)2-7(3-6)9(13,14)15/h6-9,14-16,19H,3-5,10-11H2,1-2H3;1-3H,4H2. The van der Waals surface area contributed by atoms with Gasteiger partial charge in [-0.25, -0.2) is 4.39 Å². The summed E-state index contributed by atoms with van der Waals surface area (Å²) in [5, 5.41) is 5.94. The molecule has 4 rings (SSSR count). The Balaban J connectivity index is 0.000000209. The van der Waals surface area contributed by atoms with Crippen LogP contribution in [-0.4, -0.2) is 18.9 Å². The number of nitrogens with one attached hydrogen (secondary N) is 1. The van der Waals surface area contributed by atoms with Gasteiger partial charge in [0.25, 0.3) is 0 Å². The molecule has 0 bridgehead atoms. The molecular formula is C26H29F7N2O2. The fourth-order valence-corrected chi connectivity index (χ4v) is 5.43. The van der Waals surface area contributed by atoms with Crippen molar-refractivity contribution in [2.24, 2.45) is 11.1 Å². The lowest BCUT2D eigenvalue weighted by molar-refractivity contribution is -0.143. The summed E-state index contributed by atoms with van der Waals surface area (Å²) in [6.45, 7) is 1.59. The smallest absolute Gasteiger partial charge is 0.367 e. The van der Waals surface area contributed by atoms with Crippen LogP contribution in [0.2, 0.25) is 0 Å². The Morgan fingerprint density at radius 1 is 0.973 bits per heavy atom. The first-order chi connectivity index (χ1) is 17.3. The van der Waals surface area contributed by atoms with Crippen LogP contribution in [0.15, 0.2) is 47.6 Å². The summed E-state index contributed by atoms with van der Waals surface area (Å²) in [7, 11) is 1.77. The fourth-order valence-electron chi connectivity index (χ4n) is 5.43. The van der Waals surface area contributed by atoms with Crippen LogP contribution >= 0.6 is 0 Å². The summed E-state index contributed by atoms with van der Waals surface area (Å²) in [6.07, 6.45) is -3.64. The zero-order valence-corrected chi connectivity index (χ0v) is 20.4. The van der Waals surface area contributed by atoms with Crippen LogP contribution < -0.4 is 5.32 Å². The number of methoxy groups -OCH3 is 1. The fraction of sp³-hybridized carbons (Fsp3) is 0.538. The van der Waals surface area contributed by atoms with Gasteiger partial charge in [0.05, 0.1) is 11.1 Å². The summed E-state index contributed by atoms with van der Waals surface area (Å²) in [5.74, 6) is 1.02. The summed E-state index contributed by atoms with van der Waals surface area (Å²) in [5.41, 5.74) is -1.90. The topological polar surface area (TPSA) is 50.7 Å². The van der Waals surface area contributed by atoms with E-state index >= 15 is 0 Å². The van der Waals surface area contributed by atoms with E-state index in [0.717, 1.165) is 12.8 Å². The number of nitrogens with zero attached hydrogens (tertiary/aromatic N) is 1. The van der Waals surface area contributed by atoms with Crippen LogP contribution in [0.5, 0.6) is 0 Å². The summed E-state index contributed by atoms with van der Waals surface area (Å²) in [6, 6.07) is 8.04. The van der Waals surface area contributed by atoms with Crippen molar-refractivity contribution < 1.29 is 35.5 Å². The lowest BCUT2D eigenvalue weighted by atomic mass is 9.75. The molecule has 2 fully saturated rings. The normalized spacial score (nSPS) is 26.0. The molecule has 0 radical (unpaired) electrons. The predicted molar refractivity (Wildman–Crippen MR) is 124 cm³/mol. The van der Waals surface area contributed by atoms with E-state index in [4.69, 9.17) is 4.74 Å². The van der Waals surface area contributed by atoms with Crippen molar-refractivity contribution in [3.63, 3.8) is 0 Å². The van der Waals surface area contributed by atoms with Crippen LogP contribution in [0.25, 0.3) is 0 Å². The molecule has 4 atom stereocenters. The molecule has 0 amide bonds. The molecule has 0 aromatic heterocycles. The zero-order chi connectivity index (χ0) is 27.4. The molecule has 1 saturated carbocycles. The molecule has 2 aliphatic rings. The van der Waals surface area contributed by atoms with Gasteiger partial charge in [-0.2, -0.15) is 31.2 Å². The molecule has 204 valence electrons. The van der Waals surface area contributed by atoms with E-state index in [2.05, 4.69) is 17.4 Å². The number of alkyl halides is 6. The van der Waals surface area contributed by atoms with E-state index in [1.54, 1.807) is 19.2 Å². The predicted octanol–water partition coefficient (Wildman–Crippen LogP) is 7.81. The molecule has 37 heavy (non-hydrogen) atoms. The Labute approximate surface area is 210 Å². The Morgan fingerprint density at radius 3 is 2.05 bits per heavy atom. The molecular weight excluding hydrogens is 505 g/mol. The van der Waals surface area contributed by atoms with E-state index < -0.39 is 35.6 Å². The number of halogens is 7. The molecule has 1 heterocycles. The third kappa shape index (κ3) is 7.28. The highest BCUT2D eigenvalue weighted by Crippen LogP contribution is 2.48. The SMILES string of the molecule is COC1CCC(C)(C2CCCC2c2ccc(F)cc2)N1.O=NCc1cc(C(F)(F)F)cc(C(F)(F)F)c1. The largest absolute Gasteiger partial charge is 0.416 e. The van der Waals surface area contributed by atoms with Crippen molar-refractivity contribution in [2.45, 2.75) is 75.6 Å². The summed E-state index contributed by atoms with van der Waals surface area (Å²) in [4.78, 5) is 9.88. The van der Waals surface area contributed by atoms with Gasteiger partial charge < -0.3 is 4.74 Å². The molecule has 11 heteroatoms. The molecule has 4 unspecified atom stereocenters. The highest BCUT2D eigenvalue weighted by Gasteiger charge is 2.46. The van der Waals surface area contributed by atoms with Crippen LogP contribution in [0.4, 0.5) is 30.7 Å². The van der Waals surface area contributed by atoms with Gasteiger partial charge in [-0.3, -0.25) is 5.32 Å². The molecule has 2 aromatic rings. The Morgan fingerprint density at radius 2 is 1.57 bits per heavy atom. The first-order valence-corrected chi connectivity index (χ1v) is 11.9. The first-order valence-electron chi connectivity index (χ1n) is 11.9. The maximum atomic E-state index is 13.1. The second kappa shape index (κ2) is 11.5. The second-order valence-corrected chi connectivity index (χ2v) is 9.72. The van der Waals surface area contributed by atoms with E-state index in [1.165, 1.54) is 24.8 Å². The van der Waals surface area contributed by atoms with Gasteiger partial charge in [-0.05, 0) is 85.9 Å². The van der Waals surface area contributed by atoms with E-state index in [1.807, 2.05) is 12.1 Å². The summed E-state index contributed by atoms with van der Waals surface area (Å²) < 4.78 is 92.4. The maximum absolute atomic E-state index is 13.1. The maximum Gasteiger partial charge on any atom is 0.416 e. The van der Waals surface area contributed by atoms with Gasteiger partial charge in [-0.1, -0.05) is 23.7 Å². The second-order valence-electron chi connectivity index (χ2n) is 9.72. The molecule has 1 saturated heterocycles. The van der Waals surface area contributed by atoms with E-state index in [9.17, 15) is 35.6 Å². The average Bonchev–Trinajstić information content (AvgIpc) is 3.47. The van der Waals surface area contributed by atoms with Crippen molar-refractivity contribution in [3.8, 4) is 0 Å². The minimum atomic E-state index is -4.90. The first kappa shape index (κ1) is 29.0. The van der Waals surface area contributed by atoms with Gasteiger partial charge in [0.15, 0.2) is 0 Å². The molecule has 4 nitrogen and oxygen atoms in total. The number of nitroso groups, excluding NO2 is 1. The third-order valence-corrected chi connectivity index (χ3v) is 7.23. The molecule has 0 spiro atoms. The van der Waals surface area contributed by atoms with Crippen molar-refractivity contribution in [1.82, 2.24) is 5.32 Å². The number of hydrogen-bond donors (Lipinski definition) is 1. The molecule has 1 N–H and O–H groups in total. The van der Waals surface area contributed by atoms with Gasteiger partial charge >= 0.3 is 12.4 Å². The quantitative estimate of drug-likeness (QED) is 0.314. The van der Waals surface area contributed by atoms with Gasteiger partial charge in [0.1, 0.15) is 18.6 Å². The number of rotatable bonds is 5. The molecule has 1 aliphatic heterocycles. The van der Waals surface area contributed by atoms with Gasteiger partial charge in [-0.15, -0.1) is 0 Å². The Hall–Kier alpha value is -2.53. The summed E-state index contributed by atoms with van der Waals surface area (Å²) >= 11 is 0. The highest BCUT2D eigenvalue weighted by atomic mass is 19.4. The monoisotopic (exact) mass is 534 g/mol. The average molecular weight is 535 g/mol. The number of ether oxygens (including phenoxy) is 1. The lowest BCUT2D eigenvalue weighted by Gasteiger charge is -2.36. The number of benzene rings is 2. The van der Waals surface area contributed by atoms with Crippen molar-refractivity contribution in [3.05, 3.63) is 75.4 Å². The van der Waals surface area contributed by atoms with Crippen LogP contribution in [-0.2, 0) is 23.6 Å². The lowest BCUT2D eigenvalue weighted by Crippen LogP contribution is -2.47. The van der Waals surface area contributed by atoms with E-state index in [-0.39, 0.29) is 23.7 Å². The van der Waals surface area contributed by atoms with Crippen molar-refractivity contribution >= 4 is 0 Å². The molecule has 1 aliphatic carbocycles. The van der Waals surface area contributed by atoms with Crippen LogP contribution in [0.3, 0.4) is 0 Å². The minimum absolute atomic E-state index is 0.00565. The van der Waals surface area contributed by atoms with E-state index in [0.29, 0.717) is 24.0 Å². The molecule has 2 aromatic carbocycles. The number of hydrogen-bond acceptors (Lipinski definition) is 4. The van der Waals surface area contributed by atoms with Crippen molar-refractivity contribution in [2.75, 3.05) is 7.11 Å². The third-order valence-electron chi connectivity index (χ3n) is 7.23. The van der Waals surface area contributed by atoms with Crippen molar-refractivity contribution in [1.29, 1.82) is 0 Å². The van der Waals surface area contributed by atoms with Crippen LogP contribution in [0, 0.1) is 16.6 Å².